The maximum Gasteiger partial charge on any atom is 0.177 e. The largest absolute Gasteiger partial charge is 0.339 e. The van der Waals surface area contributed by atoms with Crippen LogP contribution in [0.15, 0.2) is 48.7 Å². The van der Waals surface area contributed by atoms with E-state index in [0.717, 1.165) is 16.9 Å². The van der Waals surface area contributed by atoms with Crippen molar-refractivity contribution in [3.63, 3.8) is 0 Å². The molecule has 0 amide bonds. The number of rotatable bonds is 2. The summed E-state index contributed by atoms with van der Waals surface area (Å²) < 4.78 is 0. The molecule has 0 aliphatic carbocycles. The van der Waals surface area contributed by atoms with Gasteiger partial charge < -0.3 is 10.7 Å². The summed E-state index contributed by atoms with van der Waals surface area (Å²) in [6, 6.07) is 13.7. The molecule has 0 bridgehead atoms. The Balaban J connectivity index is 2.13. The van der Waals surface area contributed by atoms with Crippen LogP contribution in [0.2, 0.25) is 0 Å². The molecule has 4 heteroatoms. The number of pyridine rings is 1. The highest BCUT2D eigenvalue weighted by Crippen LogP contribution is 2.25. The number of benzene rings is 1. The lowest BCUT2D eigenvalue weighted by Gasteiger charge is -2.22. The SMILES string of the molecule is CC(N)(c1ccccc1)c1nc2ncccc2[nH]1. The van der Waals surface area contributed by atoms with Crippen molar-refractivity contribution in [2.75, 3.05) is 0 Å². The maximum atomic E-state index is 6.40. The third-order valence-corrected chi connectivity index (χ3v) is 3.12. The number of H-pyrrole nitrogens is 1. The molecular weight excluding hydrogens is 224 g/mol. The average molecular weight is 238 g/mol. The fourth-order valence-corrected chi connectivity index (χ4v) is 2.01. The van der Waals surface area contributed by atoms with E-state index in [9.17, 15) is 0 Å². The van der Waals surface area contributed by atoms with Gasteiger partial charge in [-0.2, -0.15) is 0 Å². The minimum absolute atomic E-state index is 0.651. The van der Waals surface area contributed by atoms with Gasteiger partial charge in [0.2, 0.25) is 0 Å². The van der Waals surface area contributed by atoms with Crippen LogP contribution in [0.3, 0.4) is 0 Å². The van der Waals surface area contributed by atoms with E-state index in [4.69, 9.17) is 5.73 Å². The molecule has 1 atom stereocenters. The molecule has 2 aromatic heterocycles. The van der Waals surface area contributed by atoms with E-state index in [1.54, 1.807) is 6.20 Å². The second kappa shape index (κ2) is 3.92. The van der Waals surface area contributed by atoms with Gasteiger partial charge in [-0.1, -0.05) is 30.3 Å². The van der Waals surface area contributed by atoms with E-state index >= 15 is 0 Å². The Hall–Kier alpha value is -2.20. The highest BCUT2D eigenvalue weighted by Gasteiger charge is 2.27. The van der Waals surface area contributed by atoms with Gasteiger partial charge in [0, 0.05) is 6.20 Å². The standard InChI is InChI=1S/C14H14N4/c1-14(15,10-6-3-2-4-7-10)13-17-11-8-5-9-16-12(11)18-13/h2-9H,15H2,1H3,(H,16,17,18). The zero-order chi connectivity index (χ0) is 12.6. The Labute approximate surface area is 105 Å². The van der Waals surface area contributed by atoms with Gasteiger partial charge in [0.1, 0.15) is 5.82 Å². The van der Waals surface area contributed by atoms with Crippen LogP contribution in [0.25, 0.3) is 11.2 Å². The predicted molar refractivity (Wildman–Crippen MR) is 71.0 cm³/mol. The second-order valence-corrected chi connectivity index (χ2v) is 4.53. The predicted octanol–water partition coefficient (Wildman–Crippen LogP) is 2.18. The fraction of sp³-hybridized carbons (Fsp3) is 0.143. The fourth-order valence-electron chi connectivity index (χ4n) is 2.01. The number of nitrogens with one attached hydrogen (secondary N) is 1. The van der Waals surface area contributed by atoms with E-state index in [0.29, 0.717) is 5.65 Å². The van der Waals surface area contributed by atoms with Crippen LogP contribution in [-0.4, -0.2) is 15.0 Å². The zero-order valence-electron chi connectivity index (χ0n) is 10.1. The molecule has 1 aromatic carbocycles. The molecule has 3 N–H and O–H groups in total. The molecule has 18 heavy (non-hydrogen) atoms. The van der Waals surface area contributed by atoms with Crippen LogP contribution in [0.4, 0.5) is 0 Å². The van der Waals surface area contributed by atoms with Crippen LogP contribution < -0.4 is 5.73 Å². The first kappa shape index (κ1) is 10.9. The lowest BCUT2D eigenvalue weighted by atomic mass is 9.92. The summed E-state index contributed by atoms with van der Waals surface area (Å²) in [6.07, 6.45) is 1.73. The molecular formula is C14H14N4. The first-order valence-electron chi connectivity index (χ1n) is 5.83. The highest BCUT2D eigenvalue weighted by atomic mass is 15.0. The normalized spacial score (nSPS) is 14.6. The molecule has 0 fully saturated rings. The molecule has 0 radical (unpaired) electrons. The van der Waals surface area contributed by atoms with Gasteiger partial charge in [-0.05, 0) is 24.6 Å². The summed E-state index contributed by atoms with van der Waals surface area (Å²) in [4.78, 5) is 11.9. The molecule has 0 aliphatic rings. The molecule has 2 heterocycles. The highest BCUT2D eigenvalue weighted by molar-refractivity contribution is 5.70. The molecule has 0 aliphatic heterocycles. The topological polar surface area (TPSA) is 67.6 Å². The van der Waals surface area contributed by atoms with Gasteiger partial charge in [-0.15, -0.1) is 0 Å². The second-order valence-electron chi connectivity index (χ2n) is 4.53. The van der Waals surface area contributed by atoms with Crippen molar-refractivity contribution in [1.29, 1.82) is 0 Å². The van der Waals surface area contributed by atoms with Crippen LogP contribution >= 0.6 is 0 Å². The number of aromatic nitrogens is 3. The van der Waals surface area contributed by atoms with E-state index < -0.39 is 5.54 Å². The van der Waals surface area contributed by atoms with Gasteiger partial charge >= 0.3 is 0 Å². The first-order chi connectivity index (χ1) is 8.68. The van der Waals surface area contributed by atoms with Crippen LogP contribution in [0.5, 0.6) is 0 Å². The van der Waals surface area contributed by atoms with Crippen molar-refractivity contribution in [3.05, 3.63) is 60.0 Å². The minimum atomic E-state index is -0.651. The first-order valence-corrected chi connectivity index (χ1v) is 5.83. The minimum Gasteiger partial charge on any atom is -0.339 e. The Kier molecular flexibility index (Phi) is 2.38. The number of hydrogen-bond acceptors (Lipinski definition) is 3. The molecule has 3 aromatic rings. The Morgan fingerprint density at radius 2 is 1.89 bits per heavy atom. The van der Waals surface area contributed by atoms with Crippen molar-refractivity contribution < 1.29 is 0 Å². The number of hydrogen-bond donors (Lipinski definition) is 2. The summed E-state index contributed by atoms with van der Waals surface area (Å²) in [5.74, 6) is 0.724. The van der Waals surface area contributed by atoms with Crippen molar-refractivity contribution in [3.8, 4) is 0 Å². The Bertz CT molecular complexity index is 637. The molecule has 0 saturated carbocycles. The van der Waals surface area contributed by atoms with Gasteiger partial charge in [-0.3, -0.25) is 0 Å². The van der Waals surface area contributed by atoms with Gasteiger partial charge in [-0.25, -0.2) is 9.97 Å². The summed E-state index contributed by atoms with van der Waals surface area (Å²) in [7, 11) is 0. The molecule has 3 rings (SSSR count). The third kappa shape index (κ3) is 1.67. The van der Waals surface area contributed by atoms with Crippen LogP contribution in [-0.2, 0) is 5.54 Å². The molecule has 0 spiro atoms. The van der Waals surface area contributed by atoms with E-state index in [2.05, 4.69) is 15.0 Å². The number of imidazole rings is 1. The van der Waals surface area contributed by atoms with E-state index in [-0.39, 0.29) is 0 Å². The summed E-state index contributed by atoms with van der Waals surface area (Å²) in [5.41, 5.74) is 8.37. The van der Waals surface area contributed by atoms with Crippen LogP contribution in [0, 0.1) is 0 Å². The zero-order valence-corrected chi connectivity index (χ0v) is 10.1. The molecule has 0 saturated heterocycles. The van der Waals surface area contributed by atoms with Crippen molar-refractivity contribution in [2.24, 2.45) is 5.73 Å². The number of nitrogens with two attached hydrogens (primary N) is 1. The lowest BCUT2D eigenvalue weighted by Crippen LogP contribution is -2.35. The number of fused-ring (bicyclic) bond motifs is 1. The average Bonchev–Trinajstić information content (AvgIpc) is 2.84. The third-order valence-electron chi connectivity index (χ3n) is 3.12. The van der Waals surface area contributed by atoms with Gasteiger partial charge in [0.15, 0.2) is 5.65 Å². The van der Waals surface area contributed by atoms with Gasteiger partial charge in [0.25, 0.3) is 0 Å². The molecule has 4 nitrogen and oxygen atoms in total. The Morgan fingerprint density at radius 3 is 2.61 bits per heavy atom. The van der Waals surface area contributed by atoms with E-state index in [1.165, 1.54) is 0 Å². The van der Waals surface area contributed by atoms with E-state index in [1.807, 2.05) is 49.4 Å². The van der Waals surface area contributed by atoms with Crippen molar-refractivity contribution in [1.82, 2.24) is 15.0 Å². The summed E-state index contributed by atoms with van der Waals surface area (Å²) in [5, 5.41) is 0. The molecule has 1 unspecified atom stereocenters. The van der Waals surface area contributed by atoms with Crippen molar-refractivity contribution in [2.45, 2.75) is 12.5 Å². The number of nitrogens with zero attached hydrogens (tertiary/aromatic N) is 2. The number of aromatic amines is 1. The monoisotopic (exact) mass is 238 g/mol. The summed E-state index contributed by atoms with van der Waals surface area (Å²) in [6.45, 7) is 1.94. The maximum absolute atomic E-state index is 6.40. The van der Waals surface area contributed by atoms with Crippen LogP contribution in [0.1, 0.15) is 18.3 Å². The molecule has 90 valence electrons. The van der Waals surface area contributed by atoms with Crippen molar-refractivity contribution >= 4 is 11.2 Å². The quantitative estimate of drug-likeness (QED) is 0.719. The smallest absolute Gasteiger partial charge is 0.177 e. The van der Waals surface area contributed by atoms with Gasteiger partial charge in [0.05, 0.1) is 11.1 Å². The lowest BCUT2D eigenvalue weighted by molar-refractivity contribution is 0.567. The Morgan fingerprint density at radius 1 is 1.11 bits per heavy atom. The summed E-state index contributed by atoms with van der Waals surface area (Å²) >= 11 is 0.